The number of anilines is 2. The van der Waals surface area contributed by atoms with Gasteiger partial charge in [0.1, 0.15) is 29.1 Å². The number of hydrogen-bond acceptors (Lipinski definition) is 5. The highest BCUT2D eigenvalue weighted by atomic mass is 16.1. The Balaban J connectivity index is 2.90. The van der Waals surface area contributed by atoms with Crippen LogP contribution >= 0.6 is 0 Å². The minimum Gasteiger partial charge on any atom is -0.384 e. The van der Waals surface area contributed by atoms with E-state index in [0.29, 0.717) is 11.3 Å². The Labute approximate surface area is 125 Å². The Bertz CT molecular complexity index is 900. The molecule has 1 aromatic heterocycles. The van der Waals surface area contributed by atoms with Crippen molar-refractivity contribution in [3.05, 3.63) is 45.7 Å². The number of para-hydroxylation sites is 1. The summed E-state index contributed by atoms with van der Waals surface area (Å²) >= 11 is 0. The summed E-state index contributed by atoms with van der Waals surface area (Å²) in [7, 11) is 0. The molecule has 22 heavy (non-hydrogen) atoms. The fourth-order valence-electron chi connectivity index (χ4n) is 2.11. The molecule has 0 fully saturated rings. The fraction of sp³-hybridized carbons (Fsp3) is 0.0667. The largest absolute Gasteiger partial charge is 0.384 e. The molecule has 1 heterocycles. The number of amides is 1. The molecule has 7 nitrogen and oxygen atoms in total. The second-order valence-corrected chi connectivity index (χ2v) is 4.44. The van der Waals surface area contributed by atoms with Crippen molar-refractivity contribution in [2.24, 2.45) is 0 Å². The Morgan fingerprint density at radius 3 is 2.45 bits per heavy atom. The molecule has 2 rings (SSSR count). The van der Waals surface area contributed by atoms with Crippen LogP contribution < -0.4 is 16.6 Å². The van der Waals surface area contributed by atoms with Crippen molar-refractivity contribution in [1.82, 2.24) is 4.98 Å². The van der Waals surface area contributed by atoms with Gasteiger partial charge in [0.05, 0.1) is 0 Å². The maximum absolute atomic E-state index is 11.9. The zero-order valence-electron chi connectivity index (χ0n) is 11.6. The van der Waals surface area contributed by atoms with Crippen molar-refractivity contribution in [3.8, 4) is 23.3 Å². The maximum atomic E-state index is 11.9. The van der Waals surface area contributed by atoms with E-state index in [-0.39, 0.29) is 28.4 Å². The Hall–Kier alpha value is -3.58. The fourth-order valence-corrected chi connectivity index (χ4v) is 2.11. The SMILES string of the molecule is CC(=O)Nc1ccccc1-c1c(C#N)c(N)[nH]c(=O)c1C#N. The van der Waals surface area contributed by atoms with Crippen LogP contribution in [-0.4, -0.2) is 10.9 Å². The first-order valence-electron chi connectivity index (χ1n) is 6.22. The molecule has 108 valence electrons. The summed E-state index contributed by atoms with van der Waals surface area (Å²) in [6, 6.07) is 10.2. The predicted molar refractivity (Wildman–Crippen MR) is 80.6 cm³/mol. The van der Waals surface area contributed by atoms with Gasteiger partial charge in [-0.3, -0.25) is 9.59 Å². The van der Waals surface area contributed by atoms with E-state index in [4.69, 9.17) is 5.73 Å². The number of aromatic nitrogens is 1. The summed E-state index contributed by atoms with van der Waals surface area (Å²) in [4.78, 5) is 25.5. The number of nitrogens with two attached hydrogens (primary N) is 1. The summed E-state index contributed by atoms with van der Waals surface area (Å²) < 4.78 is 0. The first kappa shape index (κ1) is 14.8. The minimum atomic E-state index is -0.688. The summed E-state index contributed by atoms with van der Waals surface area (Å²) in [6.07, 6.45) is 0. The van der Waals surface area contributed by atoms with Gasteiger partial charge in [-0.15, -0.1) is 0 Å². The molecule has 2 aromatic rings. The molecule has 0 aliphatic carbocycles. The van der Waals surface area contributed by atoms with Gasteiger partial charge in [-0.1, -0.05) is 18.2 Å². The molecule has 0 aliphatic heterocycles. The molecule has 0 aliphatic rings. The quantitative estimate of drug-likeness (QED) is 0.767. The third-order valence-corrected chi connectivity index (χ3v) is 2.98. The lowest BCUT2D eigenvalue weighted by Crippen LogP contribution is -2.17. The topological polar surface area (TPSA) is 136 Å². The number of nitrogens with zero attached hydrogens (tertiary/aromatic N) is 2. The van der Waals surface area contributed by atoms with Crippen molar-refractivity contribution in [3.63, 3.8) is 0 Å². The van der Waals surface area contributed by atoms with Crippen LogP contribution in [0.2, 0.25) is 0 Å². The van der Waals surface area contributed by atoms with Crippen molar-refractivity contribution in [1.29, 1.82) is 10.5 Å². The molecule has 1 amide bonds. The Morgan fingerprint density at radius 2 is 1.86 bits per heavy atom. The molecule has 0 bridgehead atoms. The van der Waals surface area contributed by atoms with Crippen LogP contribution in [0.5, 0.6) is 0 Å². The molecule has 1 aromatic carbocycles. The number of aromatic amines is 1. The summed E-state index contributed by atoms with van der Waals surface area (Å²) in [5.74, 6) is -0.443. The van der Waals surface area contributed by atoms with E-state index in [1.54, 1.807) is 30.3 Å². The van der Waals surface area contributed by atoms with Crippen LogP contribution in [-0.2, 0) is 4.79 Å². The highest BCUT2D eigenvalue weighted by molar-refractivity contribution is 5.96. The van der Waals surface area contributed by atoms with Crippen LogP contribution in [0, 0.1) is 22.7 Å². The van der Waals surface area contributed by atoms with Gasteiger partial charge in [-0.25, -0.2) is 0 Å². The summed E-state index contributed by atoms with van der Waals surface area (Å²) in [6.45, 7) is 1.33. The number of nitriles is 2. The molecule has 4 N–H and O–H groups in total. The number of nitrogen functional groups attached to an aromatic ring is 1. The number of carbonyl (C=O) groups is 1. The highest BCUT2D eigenvalue weighted by Gasteiger charge is 2.20. The second kappa shape index (κ2) is 5.81. The Morgan fingerprint density at radius 1 is 1.23 bits per heavy atom. The molecule has 7 heteroatoms. The zero-order valence-corrected chi connectivity index (χ0v) is 11.6. The van der Waals surface area contributed by atoms with Crippen molar-refractivity contribution < 1.29 is 4.79 Å². The van der Waals surface area contributed by atoms with Crippen molar-refractivity contribution in [2.75, 3.05) is 11.1 Å². The lowest BCUT2D eigenvalue weighted by atomic mass is 9.95. The third-order valence-electron chi connectivity index (χ3n) is 2.98. The highest BCUT2D eigenvalue weighted by Crippen LogP contribution is 2.33. The van der Waals surface area contributed by atoms with Crippen LogP contribution in [0.15, 0.2) is 29.1 Å². The smallest absolute Gasteiger partial charge is 0.268 e. The molecular formula is C15H11N5O2. The van der Waals surface area contributed by atoms with E-state index in [1.165, 1.54) is 6.92 Å². The molecule has 0 saturated heterocycles. The predicted octanol–water partition coefficient (Wildman–Crippen LogP) is 1.33. The zero-order chi connectivity index (χ0) is 16.3. The number of hydrogen-bond donors (Lipinski definition) is 3. The molecule has 0 spiro atoms. The monoisotopic (exact) mass is 293 g/mol. The average molecular weight is 293 g/mol. The average Bonchev–Trinajstić information content (AvgIpc) is 2.46. The van der Waals surface area contributed by atoms with E-state index < -0.39 is 5.56 Å². The normalized spacial score (nSPS) is 9.59. The number of rotatable bonds is 2. The third kappa shape index (κ3) is 2.51. The second-order valence-electron chi connectivity index (χ2n) is 4.44. The minimum absolute atomic E-state index is 0.0195. The lowest BCUT2D eigenvalue weighted by molar-refractivity contribution is -0.114. The van der Waals surface area contributed by atoms with E-state index in [2.05, 4.69) is 10.3 Å². The molecule has 0 unspecified atom stereocenters. The van der Waals surface area contributed by atoms with Gasteiger partial charge in [0.2, 0.25) is 5.91 Å². The lowest BCUT2D eigenvalue weighted by Gasteiger charge is -2.13. The first-order chi connectivity index (χ1) is 10.5. The van der Waals surface area contributed by atoms with E-state index in [0.717, 1.165) is 0 Å². The van der Waals surface area contributed by atoms with Gasteiger partial charge in [0, 0.05) is 23.7 Å². The van der Waals surface area contributed by atoms with E-state index in [9.17, 15) is 20.1 Å². The van der Waals surface area contributed by atoms with Gasteiger partial charge in [-0.2, -0.15) is 10.5 Å². The van der Waals surface area contributed by atoms with E-state index >= 15 is 0 Å². The number of H-pyrrole nitrogens is 1. The van der Waals surface area contributed by atoms with Gasteiger partial charge in [-0.05, 0) is 6.07 Å². The summed E-state index contributed by atoms with van der Waals surface area (Å²) in [5.41, 5.74) is 5.60. The number of pyridine rings is 1. The van der Waals surface area contributed by atoms with Gasteiger partial charge < -0.3 is 16.0 Å². The van der Waals surface area contributed by atoms with Crippen LogP contribution in [0.1, 0.15) is 18.1 Å². The van der Waals surface area contributed by atoms with Crippen LogP contribution in [0.3, 0.4) is 0 Å². The van der Waals surface area contributed by atoms with Gasteiger partial charge >= 0.3 is 0 Å². The number of nitrogens with one attached hydrogen (secondary N) is 2. The van der Waals surface area contributed by atoms with Crippen LogP contribution in [0.25, 0.3) is 11.1 Å². The Kier molecular flexibility index (Phi) is 3.92. The first-order valence-corrected chi connectivity index (χ1v) is 6.22. The molecule has 0 atom stereocenters. The van der Waals surface area contributed by atoms with Crippen molar-refractivity contribution >= 4 is 17.4 Å². The standard InChI is InChI=1S/C15H11N5O2/c1-8(21)19-12-5-3-2-4-9(12)13-10(6-16)14(18)20-15(22)11(13)7-17/h2-5H,1H3,(H,19,21)(H3,18,20,22). The van der Waals surface area contributed by atoms with E-state index in [1.807, 2.05) is 6.07 Å². The number of carbonyl (C=O) groups excluding carboxylic acids is 1. The van der Waals surface area contributed by atoms with Gasteiger partial charge in [0.25, 0.3) is 5.56 Å². The molecule has 0 radical (unpaired) electrons. The molecule has 0 saturated carbocycles. The molecular weight excluding hydrogens is 282 g/mol. The van der Waals surface area contributed by atoms with Gasteiger partial charge in [0.15, 0.2) is 0 Å². The van der Waals surface area contributed by atoms with Crippen molar-refractivity contribution in [2.45, 2.75) is 6.92 Å². The maximum Gasteiger partial charge on any atom is 0.268 e. The summed E-state index contributed by atoms with van der Waals surface area (Å²) in [5, 5.41) is 21.1. The number of benzene rings is 1. The van der Waals surface area contributed by atoms with Crippen LogP contribution in [0.4, 0.5) is 11.5 Å².